The van der Waals surface area contributed by atoms with E-state index < -0.39 is 0 Å². The molecule has 1 aromatic heterocycles. The molecule has 1 aromatic carbocycles. The van der Waals surface area contributed by atoms with E-state index in [1.807, 2.05) is 37.8 Å². The smallest absolute Gasteiger partial charge is 0.142 e. The molecule has 1 unspecified atom stereocenters. The molecule has 0 amide bonds. The number of benzene rings is 1. The van der Waals surface area contributed by atoms with Gasteiger partial charge in [-0.05, 0) is 50.9 Å². The topological polar surface area (TPSA) is 65.1 Å². The number of imidazole rings is 1. The third kappa shape index (κ3) is 5.07. The van der Waals surface area contributed by atoms with Gasteiger partial charge in [-0.15, -0.1) is 0 Å². The highest BCUT2D eigenvalue weighted by Crippen LogP contribution is 2.23. The van der Waals surface area contributed by atoms with Crippen LogP contribution < -0.4 is 15.8 Å². The van der Waals surface area contributed by atoms with Crippen molar-refractivity contribution >= 4 is 5.69 Å². The number of nitrogens with two attached hydrogens (primary N) is 1. The molecule has 5 nitrogen and oxygen atoms in total. The molecule has 0 bridgehead atoms. The van der Waals surface area contributed by atoms with Crippen LogP contribution >= 0.6 is 0 Å². The first-order valence-corrected chi connectivity index (χ1v) is 7.89. The summed E-state index contributed by atoms with van der Waals surface area (Å²) in [6.45, 7) is 6.78. The molecule has 1 heterocycles. The first kappa shape index (κ1) is 16.4. The lowest BCUT2D eigenvalue weighted by Crippen LogP contribution is -2.29. The number of hydrogen-bond donors (Lipinski definition) is 2. The van der Waals surface area contributed by atoms with E-state index in [-0.39, 0.29) is 0 Å². The molecule has 22 heavy (non-hydrogen) atoms. The Balaban J connectivity index is 1.72. The third-order valence-electron chi connectivity index (χ3n) is 3.56. The lowest BCUT2D eigenvalue weighted by molar-refractivity contribution is 0.342. The minimum Gasteiger partial charge on any atom is -0.492 e. The summed E-state index contributed by atoms with van der Waals surface area (Å²) in [6.07, 6.45) is 7.71. The second-order valence-electron chi connectivity index (χ2n) is 5.52. The Morgan fingerprint density at radius 2 is 2.27 bits per heavy atom. The zero-order valence-corrected chi connectivity index (χ0v) is 13.5. The Kier molecular flexibility index (Phi) is 6.27. The number of rotatable bonds is 9. The number of nitrogen functional groups attached to an aromatic ring is 1. The van der Waals surface area contributed by atoms with Crippen LogP contribution in [0.4, 0.5) is 5.69 Å². The van der Waals surface area contributed by atoms with Gasteiger partial charge in [-0.2, -0.15) is 0 Å². The molecule has 5 heteroatoms. The van der Waals surface area contributed by atoms with E-state index in [4.69, 9.17) is 10.5 Å². The monoisotopic (exact) mass is 302 g/mol. The summed E-state index contributed by atoms with van der Waals surface area (Å²) in [5.74, 6) is 0.771. The van der Waals surface area contributed by atoms with Crippen LogP contribution in [0.25, 0.3) is 0 Å². The molecule has 3 N–H and O–H groups in total. The van der Waals surface area contributed by atoms with Gasteiger partial charge in [0, 0.05) is 25.0 Å². The summed E-state index contributed by atoms with van der Waals surface area (Å²) >= 11 is 0. The van der Waals surface area contributed by atoms with Crippen molar-refractivity contribution in [1.29, 1.82) is 0 Å². The molecule has 0 spiro atoms. The van der Waals surface area contributed by atoms with Crippen LogP contribution in [0.3, 0.4) is 0 Å². The molecule has 0 aliphatic heterocycles. The predicted octanol–water partition coefficient (Wildman–Crippen LogP) is 2.47. The predicted molar refractivity (Wildman–Crippen MR) is 90.0 cm³/mol. The van der Waals surface area contributed by atoms with Gasteiger partial charge in [-0.3, -0.25) is 0 Å². The second kappa shape index (κ2) is 8.44. The van der Waals surface area contributed by atoms with Crippen LogP contribution in [-0.2, 0) is 13.0 Å². The number of hydrogen-bond acceptors (Lipinski definition) is 4. The number of aryl methyl sites for hydroxylation is 1. The van der Waals surface area contributed by atoms with Crippen LogP contribution in [0.5, 0.6) is 5.75 Å². The standard InChI is InChI=1S/C17H26N4O/c1-3-22-17-6-5-15(12-16(17)18)11-14(2)20-7-4-9-21-10-8-19-13-21/h5-6,8,10,12-14,20H,3-4,7,9,11,18H2,1-2H3. The van der Waals surface area contributed by atoms with Gasteiger partial charge in [0.1, 0.15) is 5.75 Å². The van der Waals surface area contributed by atoms with Crippen molar-refractivity contribution in [2.45, 2.75) is 39.3 Å². The number of aromatic nitrogens is 2. The van der Waals surface area contributed by atoms with Crippen molar-refractivity contribution in [2.24, 2.45) is 0 Å². The summed E-state index contributed by atoms with van der Waals surface area (Å²) in [6, 6.07) is 6.47. The highest BCUT2D eigenvalue weighted by Gasteiger charge is 2.06. The fourth-order valence-corrected chi connectivity index (χ4v) is 2.47. The lowest BCUT2D eigenvalue weighted by Gasteiger charge is -2.15. The van der Waals surface area contributed by atoms with E-state index >= 15 is 0 Å². The second-order valence-corrected chi connectivity index (χ2v) is 5.52. The van der Waals surface area contributed by atoms with Crippen molar-refractivity contribution in [1.82, 2.24) is 14.9 Å². The fraction of sp³-hybridized carbons (Fsp3) is 0.471. The van der Waals surface area contributed by atoms with Crippen molar-refractivity contribution in [3.05, 3.63) is 42.5 Å². The molecule has 120 valence electrons. The number of nitrogens with zero attached hydrogens (tertiary/aromatic N) is 2. The lowest BCUT2D eigenvalue weighted by atomic mass is 10.1. The van der Waals surface area contributed by atoms with Crippen LogP contribution in [-0.4, -0.2) is 28.7 Å². The number of anilines is 1. The summed E-state index contributed by atoms with van der Waals surface area (Å²) in [5.41, 5.74) is 7.95. The Morgan fingerprint density at radius 1 is 1.41 bits per heavy atom. The Labute approximate surface area is 132 Å². The highest BCUT2D eigenvalue weighted by atomic mass is 16.5. The zero-order chi connectivity index (χ0) is 15.8. The molecule has 0 aliphatic carbocycles. The van der Waals surface area contributed by atoms with Gasteiger partial charge in [0.2, 0.25) is 0 Å². The zero-order valence-electron chi connectivity index (χ0n) is 13.5. The summed E-state index contributed by atoms with van der Waals surface area (Å²) < 4.78 is 7.56. The number of nitrogens with one attached hydrogen (secondary N) is 1. The Bertz CT molecular complexity index is 554. The molecule has 0 fully saturated rings. The summed E-state index contributed by atoms with van der Waals surface area (Å²) in [4.78, 5) is 4.04. The first-order valence-electron chi connectivity index (χ1n) is 7.89. The van der Waals surface area contributed by atoms with Gasteiger partial charge in [0.05, 0.1) is 18.6 Å². The Morgan fingerprint density at radius 3 is 2.95 bits per heavy atom. The quantitative estimate of drug-likeness (QED) is 0.552. The average Bonchev–Trinajstić information content (AvgIpc) is 3.00. The molecular weight excluding hydrogens is 276 g/mol. The molecule has 0 saturated carbocycles. The maximum Gasteiger partial charge on any atom is 0.142 e. The molecule has 2 aromatic rings. The van der Waals surface area contributed by atoms with Crippen molar-refractivity contribution in [3.8, 4) is 5.75 Å². The maximum absolute atomic E-state index is 6.00. The maximum atomic E-state index is 6.00. The van der Waals surface area contributed by atoms with E-state index in [0.717, 1.165) is 31.7 Å². The van der Waals surface area contributed by atoms with Gasteiger partial charge >= 0.3 is 0 Å². The largest absolute Gasteiger partial charge is 0.492 e. The van der Waals surface area contributed by atoms with Gasteiger partial charge in [0.25, 0.3) is 0 Å². The number of ether oxygens (including phenoxy) is 1. The van der Waals surface area contributed by atoms with E-state index in [2.05, 4.69) is 27.9 Å². The van der Waals surface area contributed by atoms with E-state index in [9.17, 15) is 0 Å². The van der Waals surface area contributed by atoms with Crippen molar-refractivity contribution < 1.29 is 4.74 Å². The molecule has 0 saturated heterocycles. The van der Waals surface area contributed by atoms with Gasteiger partial charge < -0.3 is 20.4 Å². The van der Waals surface area contributed by atoms with Crippen molar-refractivity contribution in [2.75, 3.05) is 18.9 Å². The highest BCUT2D eigenvalue weighted by molar-refractivity contribution is 5.54. The van der Waals surface area contributed by atoms with E-state index in [0.29, 0.717) is 18.3 Å². The molecular formula is C17H26N4O. The minimum absolute atomic E-state index is 0.417. The van der Waals surface area contributed by atoms with Gasteiger partial charge in [0.15, 0.2) is 0 Å². The Hall–Kier alpha value is -2.01. The fourth-order valence-electron chi connectivity index (χ4n) is 2.47. The first-order chi connectivity index (χ1) is 10.7. The molecule has 1 atom stereocenters. The normalized spacial score (nSPS) is 12.3. The van der Waals surface area contributed by atoms with Crippen LogP contribution in [0.2, 0.25) is 0 Å². The van der Waals surface area contributed by atoms with Gasteiger partial charge in [-0.1, -0.05) is 6.07 Å². The van der Waals surface area contributed by atoms with Crippen LogP contribution in [0, 0.1) is 0 Å². The average molecular weight is 302 g/mol. The van der Waals surface area contributed by atoms with Gasteiger partial charge in [-0.25, -0.2) is 4.98 Å². The molecule has 0 aliphatic rings. The van der Waals surface area contributed by atoms with Crippen molar-refractivity contribution in [3.63, 3.8) is 0 Å². The SMILES string of the molecule is CCOc1ccc(CC(C)NCCCn2ccnc2)cc1N. The summed E-state index contributed by atoms with van der Waals surface area (Å²) in [5, 5.41) is 3.55. The van der Waals surface area contributed by atoms with E-state index in [1.54, 1.807) is 0 Å². The molecule has 0 radical (unpaired) electrons. The third-order valence-corrected chi connectivity index (χ3v) is 3.56. The summed E-state index contributed by atoms with van der Waals surface area (Å²) in [7, 11) is 0. The minimum atomic E-state index is 0.417. The van der Waals surface area contributed by atoms with E-state index in [1.165, 1.54) is 5.56 Å². The van der Waals surface area contributed by atoms with Crippen LogP contribution in [0.15, 0.2) is 36.9 Å². The van der Waals surface area contributed by atoms with Crippen LogP contribution in [0.1, 0.15) is 25.8 Å². The molecule has 2 rings (SSSR count).